The van der Waals surface area contributed by atoms with Crippen LogP contribution >= 0.6 is 27.5 Å². The minimum Gasteiger partial charge on any atom is -0.467 e. The quantitative estimate of drug-likeness (QED) is 0.618. The lowest BCUT2D eigenvalue weighted by Gasteiger charge is -2.12. The number of halogens is 2. The Hall–Kier alpha value is -0.740. The van der Waals surface area contributed by atoms with Gasteiger partial charge in [-0.05, 0) is 46.6 Å². The third-order valence-electron chi connectivity index (χ3n) is 1.69. The molecule has 1 aromatic rings. The number of alkyl halides is 1. The molecule has 0 N–H and O–H groups in total. The van der Waals surface area contributed by atoms with Crippen LogP contribution in [-0.2, 0) is 9.53 Å². The van der Waals surface area contributed by atoms with Crippen molar-refractivity contribution in [3.63, 3.8) is 0 Å². The highest BCUT2D eigenvalue weighted by atomic mass is 79.9. The second-order valence-corrected chi connectivity index (χ2v) is 4.32. The lowest BCUT2D eigenvalue weighted by molar-refractivity contribution is -0.147. The van der Waals surface area contributed by atoms with E-state index in [1.807, 2.05) is 6.92 Å². The number of carbonyl (C=O) groups is 1. The first kappa shape index (κ1) is 13.3. The molecule has 0 spiro atoms. The molecular weight excluding hydrogens is 295 g/mol. The van der Waals surface area contributed by atoms with Gasteiger partial charge < -0.3 is 9.47 Å². The molecule has 16 heavy (non-hydrogen) atoms. The molecule has 0 aliphatic carbocycles. The van der Waals surface area contributed by atoms with Crippen molar-refractivity contribution < 1.29 is 14.3 Å². The Labute approximate surface area is 108 Å². The van der Waals surface area contributed by atoms with E-state index in [4.69, 9.17) is 21.1 Å². The Morgan fingerprint density at radius 2 is 2.06 bits per heavy atom. The average molecular weight is 308 g/mol. The van der Waals surface area contributed by atoms with Crippen LogP contribution < -0.4 is 4.74 Å². The second-order valence-electron chi connectivity index (χ2n) is 3.06. The lowest BCUT2D eigenvalue weighted by Crippen LogP contribution is -2.23. The van der Waals surface area contributed by atoms with E-state index in [0.29, 0.717) is 17.4 Å². The van der Waals surface area contributed by atoms with E-state index < -0.39 is 11.0 Å². The summed E-state index contributed by atoms with van der Waals surface area (Å²) < 4.78 is 10.2. The molecule has 0 aromatic heterocycles. The van der Waals surface area contributed by atoms with Gasteiger partial charge in [0, 0.05) is 5.02 Å². The molecule has 0 saturated heterocycles. The van der Waals surface area contributed by atoms with E-state index in [9.17, 15) is 4.79 Å². The van der Waals surface area contributed by atoms with Gasteiger partial charge in [0.2, 0.25) is 5.01 Å². The molecule has 1 unspecified atom stereocenters. The molecule has 0 saturated carbocycles. The Balaban J connectivity index is 2.47. The van der Waals surface area contributed by atoms with Gasteiger partial charge in [-0.25, -0.2) is 4.79 Å². The molecule has 88 valence electrons. The van der Waals surface area contributed by atoms with Gasteiger partial charge in [0.1, 0.15) is 5.75 Å². The zero-order chi connectivity index (χ0) is 12.0. The standard InChI is InChI=1S/C11H12BrClO3/c1-2-7-15-11(14)10(12)16-9-5-3-8(13)4-6-9/h3-6,10H,2,7H2,1H3. The first-order chi connectivity index (χ1) is 7.63. The first-order valence-electron chi connectivity index (χ1n) is 4.86. The fourth-order valence-electron chi connectivity index (χ4n) is 0.949. The van der Waals surface area contributed by atoms with Crippen LogP contribution in [0.15, 0.2) is 24.3 Å². The minimum absolute atomic E-state index is 0.394. The van der Waals surface area contributed by atoms with E-state index in [2.05, 4.69) is 15.9 Å². The Bertz CT molecular complexity index is 340. The van der Waals surface area contributed by atoms with Gasteiger partial charge in [0.25, 0.3) is 0 Å². The highest BCUT2D eigenvalue weighted by molar-refractivity contribution is 9.09. The van der Waals surface area contributed by atoms with E-state index >= 15 is 0 Å². The highest BCUT2D eigenvalue weighted by Gasteiger charge is 2.17. The Morgan fingerprint density at radius 3 is 2.62 bits per heavy atom. The summed E-state index contributed by atoms with van der Waals surface area (Å²) in [5, 5.41) is -0.174. The minimum atomic E-state index is -0.791. The summed E-state index contributed by atoms with van der Waals surface area (Å²) in [5.74, 6) is 0.122. The molecule has 0 aliphatic rings. The molecule has 0 radical (unpaired) electrons. The van der Waals surface area contributed by atoms with Gasteiger partial charge in [-0.15, -0.1) is 0 Å². The molecule has 0 bridgehead atoms. The summed E-state index contributed by atoms with van der Waals surface area (Å²) in [6.07, 6.45) is 0.784. The smallest absolute Gasteiger partial charge is 0.358 e. The molecular formula is C11H12BrClO3. The van der Waals surface area contributed by atoms with E-state index in [1.165, 1.54) is 0 Å². The maximum Gasteiger partial charge on any atom is 0.358 e. The average Bonchev–Trinajstić information content (AvgIpc) is 2.29. The van der Waals surface area contributed by atoms with Crippen LogP contribution in [0.1, 0.15) is 13.3 Å². The van der Waals surface area contributed by atoms with Crippen molar-refractivity contribution in [3.8, 4) is 5.75 Å². The number of esters is 1. The topological polar surface area (TPSA) is 35.5 Å². The molecule has 1 aromatic carbocycles. The number of carbonyl (C=O) groups excluding carboxylic acids is 1. The fraction of sp³-hybridized carbons (Fsp3) is 0.364. The number of rotatable bonds is 5. The van der Waals surface area contributed by atoms with Gasteiger partial charge in [0.15, 0.2) is 0 Å². The fourth-order valence-corrected chi connectivity index (χ4v) is 1.42. The maximum atomic E-state index is 11.4. The van der Waals surface area contributed by atoms with Crippen LogP contribution in [0, 0.1) is 0 Å². The van der Waals surface area contributed by atoms with Gasteiger partial charge in [-0.1, -0.05) is 18.5 Å². The van der Waals surface area contributed by atoms with Gasteiger partial charge in [-0.2, -0.15) is 0 Å². The van der Waals surface area contributed by atoms with Crippen molar-refractivity contribution in [2.75, 3.05) is 6.61 Å². The van der Waals surface area contributed by atoms with Crippen molar-refractivity contribution in [1.82, 2.24) is 0 Å². The number of ether oxygens (including phenoxy) is 2. The largest absolute Gasteiger partial charge is 0.467 e. The zero-order valence-corrected chi connectivity index (χ0v) is 11.1. The van der Waals surface area contributed by atoms with Crippen LogP contribution in [0.3, 0.4) is 0 Å². The van der Waals surface area contributed by atoms with Crippen LogP contribution in [0.4, 0.5) is 0 Å². The SMILES string of the molecule is CCCOC(=O)C(Br)Oc1ccc(Cl)cc1. The predicted octanol–water partition coefficient (Wildman–Crippen LogP) is 3.39. The maximum absolute atomic E-state index is 11.4. The zero-order valence-electron chi connectivity index (χ0n) is 8.78. The van der Waals surface area contributed by atoms with Crippen molar-refractivity contribution in [1.29, 1.82) is 0 Å². The van der Waals surface area contributed by atoms with Gasteiger partial charge in [-0.3, -0.25) is 0 Å². The summed E-state index contributed by atoms with van der Waals surface area (Å²) in [6, 6.07) is 6.75. The molecule has 0 aliphatic heterocycles. The lowest BCUT2D eigenvalue weighted by atomic mass is 10.3. The summed E-state index contributed by atoms with van der Waals surface area (Å²) in [7, 11) is 0. The number of hydrogen-bond acceptors (Lipinski definition) is 3. The van der Waals surface area contributed by atoms with Crippen LogP contribution in [0.2, 0.25) is 5.02 Å². The van der Waals surface area contributed by atoms with Crippen LogP contribution in [0.5, 0.6) is 5.75 Å². The summed E-state index contributed by atoms with van der Waals surface area (Å²) in [4.78, 5) is 11.4. The third kappa shape index (κ3) is 4.41. The van der Waals surface area contributed by atoms with Crippen molar-refractivity contribution in [2.45, 2.75) is 18.4 Å². The summed E-state index contributed by atoms with van der Waals surface area (Å²) >= 11 is 8.82. The van der Waals surface area contributed by atoms with Crippen LogP contribution in [0.25, 0.3) is 0 Å². The highest BCUT2D eigenvalue weighted by Crippen LogP contribution is 2.18. The van der Waals surface area contributed by atoms with Crippen molar-refractivity contribution >= 4 is 33.5 Å². The van der Waals surface area contributed by atoms with Gasteiger partial charge in [0.05, 0.1) is 6.61 Å². The summed E-state index contributed by atoms with van der Waals surface area (Å²) in [5.41, 5.74) is 0. The van der Waals surface area contributed by atoms with E-state index in [0.717, 1.165) is 6.42 Å². The molecule has 1 atom stereocenters. The Kier molecular flexibility index (Phi) is 5.63. The normalized spacial score (nSPS) is 11.9. The molecule has 0 heterocycles. The summed E-state index contributed by atoms with van der Waals surface area (Å²) in [6.45, 7) is 2.32. The predicted molar refractivity (Wildman–Crippen MR) is 66.0 cm³/mol. The van der Waals surface area contributed by atoms with E-state index in [1.54, 1.807) is 24.3 Å². The molecule has 0 amide bonds. The Morgan fingerprint density at radius 1 is 1.44 bits per heavy atom. The first-order valence-corrected chi connectivity index (χ1v) is 6.15. The molecule has 0 fully saturated rings. The molecule has 5 heteroatoms. The van der Waals surface area contributed by atoms with Crippen molar-refractivity contribution in [2.24, 2.45) is 0 Å². The monoisotopic (exact) mass is 306 g/mol. The second kappa shape index (κ2) is 6.76. The molecule has 3 nitrogen and oxygen atoms in total. The van der Waals surface area contributed by atoms with Crippen LogP contribution in [-0.4, -0.2) is 17.6 Å². The van der Waals surface area contributed by atoms with E-state index in [-0.39, 0.29) is 0 Å². The number of hydrogen-bond donors (Lipinski definition) is 0. The molecule has 1 rings (SSSR count). The number of benzene rings is 1. The van der Waals surface area contributed by atoms with Gasteiger partial charge >= 0.3 is 5.97 Å². The third-order valence-corrected chi connectivity index (χ3v) is 2.50. The van der Waals surface area contributed by atoms with Crippen molar-refractivity contribution in [3.05, 3.63) is 29.3 Å².